The van der Waals surface area contributed by atoms with Gasteiger partial charge in [0.1, 0.15) is 0 Å². The second-order valence-corrected chi connectivity index (χ2v) is 5.25. The highest BCUT2D eigenvalue weighted by Gasteiger charge is 2.20. The zero-order valence-corrected chi connectivity index (χ0v) is 11.5. The Morgan fingerprint density at radius 1 is 0.895 bits per heavy atom. The van der Waals surface area contributed by atoms with E-state index in [4.69, 9.17) is 0 Å². The van der Waals surface area contributed by atoms with Crippen molar-refractivity contribution in [2.45, 2.75) is 26.2 Å². The minimum Gasteiger partial charge on any atom is -0.294 e. The first-order chi connectivity index (χ1) is 9.18. The maximum atomic E-state index is 12.3. The summed E-state index contributed by atoms with van der Waals surface area (Å²) >= 11 is 0. The standard InChI is InChI=1S/C18H20O/c1-14(2)17(15-9-5-3-6-10-15)13-18(19)16-11-7-4-8-12-16/h3-12,14,17H,13H2,1-2H3/t17-/m0/s1. The van der Waals surface area contributed by atoms with Crippen molar-refractivity contribution >= 4 is 5.78 Å². The van der Waals surface area contributed by atoms with Gasteiger partial charge in [0, 0.05) is 12.0 Å². The maximum Gasteiger partial charge on any atom is 0.163 e. The molecule has 0 saturated heterocycles. The molecule has 1 heteroatoms. The lowest BCUT2D eigenvalue weighted by molar-refractivity contribution is 0.0966. The molecule has 98 valence electrons. The Bertz CT molecular complexity index is 514. The number of Topliss-reactive ketones (excluding diaryl/α,β-unsaturated/α-hetero) is 1. The van der Waals surface area contributed by atoms with E-state index in [9.17, 15) is 4.79 Å². The van der Waals surface area contributed by atoms with Crippen molar-refractivity contribution in [2.24, 2.45) is 5.92 Å². The van der Waals surface area contributed by atoms with Crippen LogP contribution >= 0.6 is 0 Å². The van der Waals surface area contributed by atoms with Crippen molar-refractivity contribution < 1.29 is 4.79 Å². The van der Waals surface area contributed by atoms with Gasteiger partial charge >= 0.3 is 0 Å². The number of ketones is 1. The average Bonchev–Trinajstić information content (AvgIpc) is 2.46. The Kier molecular flexibility index (Phi) is 4.51. The lowest BCUT2D eigenvalue weighted by atomic mass is 9.83. The Balaban J connectivity index is 2.17. The van der Waals surface area contributed by atoms with Crippen LogP contribution in [0.4, 0.5) is 0 Å². The van der Waals surface area contributed by atoms with E-state index in [1.165, 1.54) is 5.56 Å². The van der Waals surface area contributed by atoms with E-state index in [1.54, 1.807) is 0 Å². The van der Waals surface area contributed by atoms with Crippen LogP contribution in [0.5, 0.6) is 0 Å². The molecule has 0 heterocycles. The molecule has 0 aliphatic heterocycles. The van der Waals surface area contributed by atoms with Gasteiger partial charge in [0.2, 0.25) is 0 Å². The highest BCUT2D eigenvalue weighted by atomic mass is 16.1. The quantitative estimate of drug-likeness (QED) is 0.705. The molecule has 0 aromatic heterocycles. The van der Waals surface area contributed by atoms with Gasteiger partial charge < -0.3 is 0 Å². The summed E-state index contributed by atoms with van der Waals surface area (Å²) in [7, 11) is 0. The minimum atomic E-state index is 0.225. The van der Waals surface area contributed by atoms with Crippen LogP contribution in [0.15, 0.2) is 60.7 Å². The van der Waals surface area contributed by atoms with Crippen molar-refractivity contribution in [3.05, 3.63) is 71.8 Å². The highest BCUT2D eigenvalue weighted by Crippen LogP contribution is 2.29. The third-order valence-electron chi connectivity index (χ3n) is 3.53. The summed E-state index contributed by atoms with van der Waals surface area (Å²) < 4.78 is 0. The van der Waals surface area contributed by atoms with Crippen LogP contribution in [0.2, 0.25) is 0 Å². The Hall–Kier alpha value is -1.89. The molecule has 0 bridgehead atoms. The van der Waals surface area contributed by atoms with E-state index in [2.05, 4.69) is 26.0 Å². The normalized spacial score (nSPS) is 12.4. The molecular formula is C18H20O. The van der Waals surface area contributed by atoms with Crippen LogP contribution in [0, 0.1) is 5.92 Å². The van der Waals surface area contributed by atoms with Crippen LogP contribution in [0.25, 0.3) is 0 Å². The predicted octanol–water partition coefficient (Wildman–Crippen LogP) is 4.70. The van der Waals surface area contributed by atoms with Crippen molar-refractivity contribution in [1.29, 1.82) is 0 Å². The number of benzene rings is 2. The van der Waals surface area contributed by atoms with Gasteiger partial charge in [0.05, 0.1) is 0 Å². The summed E-state index contributed by atoms with van der Waals surface area (Å²) in [5.41, 5.74) is 2.06. The van der Waals surface area contributed by atoms with Crippen LogP contribution in [-0.2, 0) is 0 Å². The summed E-state index contributed by atoms with van der Waals surface area (Å²) in [5.74, 6) is 0.965. The lowest BCUT2D eigenvalue weighted by Crippen LogP contribution is -2.12. The first kappa shape index (κ1) is 13.5. The maximum absolute atomic E-state index is 12.3. The van der Waals surface area contributed by atoms with Crippen molar-refractivity contribution in [3.63, 3.8) is 0 Å². The topological polar surface area (TPSA) is 17.1 Å². The van der Waals surface area contributed by atoms with Crippen LogP contribution in [0.3, 0.4) is 0 Å². The average molecular weight is 252 g/mol. The number of hydrogen-bond acceptors (Lipinski definition) is 1. The van der Waals surface area contributed by atoms with Crippen molar-refractivity contribution in [3.8, 4) is 0 Å². The molecule has 19 heavy (non-hydrogen) atoms. The van der Waals surface area contributed by atoms with E-state index in [0.717, 1.165) is 5.56 Å². The first-order valence-electron chi connectivity index (χ1n) is 6.81. The largest absolute Gasteiger partial charge is 0.294 e. The molecule has 2 aromatic rings. The van der Waals surface area contributed by atoms with Gasteiger partial charge in [-0.15, -0.1) is 0 Å². The SMILES string of the molecule is CC(C)[C@H](CC(=O)c1ccccc1)c1ccccc1. The monoisotopic (exact) mass is 252 g/mol. The molecule has 2 aromatic carbocycles. The second-order valence-electron chi connectivity index (χ2n) is 5.25. The molecule has 0 fully saturated rings. The minimum absolute atomic E-state index is 0.225. The lowest BCUT2D eigenvalue weighted by Gasteiger charge is -2.20. The second kappa shape index (κ2) is 6.33. The molecule has 0 amide bonds. The van der Waals surface area contributed by atoms with Gasteiger partial charge in [-0.3, -0.25) is 4.79 Å². The van der Waals surface area contributed by atoms with E-state index in [1.807, 2.05) is 48.5 Å². The summed E-state index contributed by atoms with van der Waals surface area (Å²) in [5, 5.41) is 0. The van der Waals surface area contributed by atoms with Crippen molar-refractivity contribution in [1.82, 2.24) is 0 Å². The fraction of sp³-hybridized carbons (Fsp3) is 0.278. The number of carbonyl (C=O) groups is 1. The molecule has 1 atom stereocenters. The molecule has 0 aliphatic rings. The summed E-state index contributed by atoms with van der Waals surface area (Å²) in [6.45, 7) is 4.35. The molecule has 0 N–H and O–H groups in total. The molecular weight excluding hydrogens is 232 g/mol. The first-order valence-corrected chi connectivity index (χ1v) is 6.81. The zero-order chi connectivity index (χ0) is 13.7. The number of rotatable bonds is 5. The third-order valence-corrected chi connectivity index (χ3v) is 3.53. The molecule has 0 aliphatic carbocycles. The predicted molar refractivity (Wildman–Crippen MR) is 79.4 cm³/mol. The van der Waals surface area contributed by atoms with E-state index < -0.39 is 0 Å². The smallest absolute Gasteiger partial charge is 0.163 e. The van der Waals surface area contributed by atoms with Gasteiger partial charge in [0.25, 0.3) is 0 Å². The third kappa shape index (κ3) is 3.54. The van der Waals surface area contributed by atoms with Crippen LogP contribution in [0.1, 0.15) is 42.1 Å². The number of hydrogen-bond donors (Lipinski definition) is 0. The van der Waals surface area contributed by atoms with E-state index in [0.29, 0.717) is 12.3 Å². The van der Waals surface area contributed by atoms with Gasteiger partial charge in [-0.05, 0) is 17.4 Å². The van der Waals surface area contributed by atoms with Gasteiger partial charge in [-0.2, -0.15) is 0 Å². The molecule has 1 nitrogen and oxygen atoms in total. The Morgan fingerprint density at radius 3 is 1.95 bits per heavy atom. The summed E-state index contributed by atoms with van der Waals surface area (Å²) in [6, 6.07) is 19.9. The van der Waals surface area contributed by atoms with Crippen LogP contribution in [-0.4, -0.2) is 5.78 Å². The molecule has 0 spiro atoms. The molecule has 2 rings (SSSR count). The van der Waals surface area contributed by atoms with E-state index in [-0.39, 0.29) is 11.7 Å². The van der Waals surface area contributed by atoms with Gasteiger partial charge in [-0.25, -0.2) is 0 Å². The van der Waals surface area contributed by atoms with E-state index >= 15 is 0 Å². The fourth-order valence-electron chi connectivity index (χ4n) is 2.38. The highest BCUT2D eigenvalue weighted by molar-refractivity contribution is 5.96. The Labute approximate surface area is 115 Å². The number of carbonyl (C=O) groups excluding carboxylic acids is 1. The fourth-order valence-corrected chi connectivity index (χ4v) is 2.38. The molecule has 0 radical (unpaired) electrons. The Morgan fingerprint density at radius 2 is 1.42 bits per heavy atom. The molecule has 0 unspecified atom stereocenters. The molecule has 0 saturated carbocycles. The zero-order valence-electron chi connectivity index (χ0n) is 11.5. The van der Waals surface area contributed by atoms with Crippen molar-refractivity contribution in [2.75, 3.05) is 0 Å². The van der Waals surface area contributed by atoms with Gasteiger partial charge in [-0.1, -0.05) is 74.5 Å². The van der Waals surface area contributed by atoms with Gasteiger partial charge in [0.15, 0.2) is 5.78 Å². The summed E-state index contributed by atoms with van der Waals surface area (Å²) in [6.07, 6.45) is 0.575. The summed E-state index contributed by atoms with van der Waals surface area (Å²) in [4.78, 5) is 12.3. The van der Waals surface area contributed by atoms with Crippen LogP contribution < -0.4 is 0 Å².